The highest BCUT2D eigenvalue weighted by molar-refractivity contribution is 5.81. The third-order valence-corrected chi connectivity index (χ3v) is 5.10. The predicted molar refractivity (Wildman–Crippen MR) is 127 cm³/mol. The number of rotatable bonds is 3. The molecule has 0 bridgehead atoms. The largest absolute Gasteiger partial charge is 0.337 e. The van der Waals surface area contributed by atoms with E-state index in [0.717, 1.165) is 45.0 Å². The van der Waals surface area contributed by atoms with Gasteiger partial charge in [0.1, 0.15) is 5.82 Å². The number of nitrogens with zero attached hydrogens (tertiary/aromatic N) is 1. The van der Waals surface area contributed by atoms with E-state index in [1.165, 1.54) is 0 Å². The second-order valence-electron chi connectivity index (χ2n) is 7.23. The van der Waals surface area contributed by atoms with Gasteiger partial charge in [0.15, 0.2) is 0 Å². The SMILES string of the molecule is C(#Cc1ccc(-c2nc(-c3ccccc3)c(-c3ccccc3)[nH]2)cc1)c1ccccc1. The molecule has 31 heavy (non-hydrogen) atoms. The van der Waals surface area contributed by atoms with Crippen molar-refractivity contribution in [2.45, 2.75) is 0 Å². The van der Waals surface area contributed by atoms with E-state index >= 15 is 0 Å². The van der Waals surface area contributed by atoms with Crippen molar-refractivity contribution in [3.63, 3.8) is 0 Å². The molecular formula is C29H20N2. The van der Waals surface area contributed by atoms with Crippen molar-refractivity contribution in [2.75, 3.05) is 0 Å². The van der Waals surface area contributed by atoms with Crippen LogP contribution in [0.5, 0.6) is 0 Å². The molecule has 0 aliphatic heterocycles. The van der Waals surface area contributed by atoms with Gasteiger partial charge in [0.05, 0.1) is 11.4 Å². The Morgan fingerprint density at radius 1 is 0.484 bits per heavy atom. The smallest absolute Gasteiger partial charge is 0.138 e. The van der Waals surface area contributed by atoms with Crippen LogP contribution in [0.15, 0.2) is 115 Å². The van der Waals surface area contributed by atoms with E-state index in [1.54, 1.807) is 0 Å². The van der Waals surface area contributed by atoms with E-state index in [-0.39, 0.29) is 0 Å². The molecule has 0 spiro atoms. The monoisotopic (exact) mass is 396 g/mol. The zero-order valence-electron chi connectivity index (χ0n) is 16.9. The molecule has 0 unspecified atom stereocenters. The van der Waals surface area contributed by atoms with Gasteiger partial charge in [-0.25, -0.2) is 4.98 Å². The number of benzene rings is 4. The summed E-state index contributed by atoms with van der Waals surface area (Å²) in [7, 11) is 0. The van der Waals surface area contributed by atoms with Crippen molar-refractivity contribution >= 4 is 0 Å². The van der Waals surface area contributed by atoms with Gasteiger partial charge in [-0.2, -0.15) is 0 Å². The summed E-state index contributed by atoms with van der Waals surface area (Å²) in [4.78, 5) is 8.50. The Bertz CT molecular complexity index is 1280. The quantitative estimate of drug-likeness (QED) is 0.333. The third-order valence-electron chi connectivity index (χ3n) is 5.10. The summed E-state index contributed by atoms with van der Waals surface area (Å²) in [6.07, 6.45) is 0. The number of hydrogen-bond acceptors (Lipinski definition) is 1. The molecule has 5 rings (SSSR count). The fraction of sp³-hybridized carbons (Fsp3) is 0. The number of H-pyrrole nitrogens is 1. The van der Waals surface area contributed by atoms with E-state index < -0.39 is 0 Å². The molecule has 0 saturated carbocycles. The first-order valence-corrected chi connectivity index (χ1v) is 10.3. The van der Waals surface area contributed by atoms with E-state index in [0.29, 0.717) is 0 Å². The van der Waals surface area contributed by atoms with Crippen LogP contribution in [0.3, 0.4) is 0 Å². The fourth-order valence-electron chi connectivity index (χ4n) is 3.51. The van der Waals surface area contributed by atoms with Crippen molar-refractivity contribution in [2.24, 2.45) is 0 Å². The van der Waals surface area contributed by atoms with Crippen LogP contribution in [0.4, 0.5) is 0 Å². The summed E-state index contributed by atoms with van der Waals surface area (Å²) in [6.45, 7) is 0. The van der Waals surface area contributed by atoms with Crippen LogP contribution < -0.4 is 0 Å². The molecule has 4 aromatic carbocycles. The molecule has 1 heterocycles. The molecule has 146 valence electrons. The Labute approximate surface area is 182 Å². The summed E-state index contributed by atoms with van der Waals surface area (Å²) in [5.74, 6) is 7.28. The summed E-state index contributed by atoms with van der Waals surface area (Å²) >= 11 is 0. The lowest BCUT2D eigenvalue weighted by atomic mass is 10.1. The molecule has 0 aliphatic rings. The normalized spacial score (nSPS) is 10.3. The number of imidazole rings is 1. The first-order chi connectivity index (χ1) is 15.4. The van der Waals surface area contributed by atoms with E-state index in [9.17, 15) is 0 Å². The number of hydrogen-bond donors (Lipinski definition) is 1. The van der Waals surface area contributed by atoms with Crippen LogP contribution in [0, 0.1) is 11.8 Å². The van der Waals surface area contributed by atoms with Gasteiger partial charge in [0, 0.05) is 27.8 Å². The maximum absolute atomic E-state index is 4.96. The molecular weight excluding hydrogens is 376 g/mol. The Morgan fingerprint density at radius 2 is 1.00 bits per heavy atom. The van der Waals surface area contributed by atoms with Crippen molar-refractivity contribution < 1.29 is 0 Å². The molecule has 2 nitrogen and oxygen atoms in total. The molecule has 1 N–H and O–H groups in total. The lowest BCUT2D eigenvalue weighted by Gasteiger charge is -2.02. The van der Waals surface area contributed by atoms with Gasteiger partial charge in [-0.3, -0.25) is 0 Å². The standard InChI is InChI=1S/C29H20N2/c1-4-10-22(11-5-1)16-17-23-18-20-26(21-19-23)29-30-27(24-12-6-2-7-13-24)28(31-29)25-14-8-3-9-15-25/h1-15,18-21H,(H,30,31). The lowest BCUT2D eigenvalue weighted by Crippen LogP contribution is -1.82. The van der Waals surface area contributed by atoms with Crippen molar-refractivity contribution in [3.8, 4) is 45.7 Å². The Kier molecular flexibility index (Phi) is 5.16. The van der Waals surface area contributed by atoms with Crippen LogP contribution in [0.1, 0.15) is 11.1 Å². The topological polar surface area (TPSA) is 28.7 Å². The van der Waals surface area contributed by atoms with E-state index in [4.69, 9.17) is 4.98 Å². The van der Waals surface area contributed by atoms with Crippen molar-refractivity contribution in [3.05, 3.63) is 126 Å². The molecule has 5 aromatic rings. The first kappa shape index (κ1) is 18.7. The average Bonchev–Trinajstić information content (AvgIpc) is 3.30. The average molecular weight is 396 g/mol. The zero-order chi connectivity index (χ0) is 20.9. The maximum atomic E-state index is 4.96. The van der Waals surface area contributed by atoms with E-state index in [1.807, 2.05) is 78.9 Å². The van der Waals surface area contributed by atoms with Crippen molar-refractivity contribution in [1.82, 2.24) is 9.97 Å². The summed E-state index contributed by atoms with van der Waals surface area (Å²) < 4.78 is 0. The highest BCUT2D eigenvalue weighted by atomic mass is 14.9. The van der Waals surface area contributed by atoms with Crippen LogP contribution in [0.25, 0.3) is 33.9 Å². The highest BCUT2D eigenvalue weighted by Gasteiger charge is 2.14. The van der Waals surface area contributed by atoms with Crippen LogP contribution in [0.2, 0.25) is 0 Å². The van der Waals surface area contributed by atoms with Crippen LogP contribution in [-0.4, -0.2) is 9.97 Å². The van der Waals surface area contributed by atoms with Crippen molar-refractivity contribution in [1.29, 1.82) is 0 Å². The molecule has 0 amide bonds. The fourth-order valence-corrected chi connectivity index (χ4v) is 3.51. The molecule has 0 saturated heterocycles. The minimum atomic E-state index is 0.847. The number of aromatic nitrogens is 2. The van der Waals surface area contributed by atoms with Gasteiger partial charge < -0.3 is 4.98 Å². The molecule has 2 heteroatoms. The second-order valence-corrected chi connectivity index (χ2v) is 7.23. The zero-order valence-corrected chi connectivity index (χ0v) is 16.9. The molecule has 0 aliphatic carbocycles. The van der Waals surface area contributed by atoms with Gasteiger partial charge in [0.2, 0.25) is 0 Å². The van der Waals surface area contributed by atoms with Crippen LogP contribution >= 0.6 is 0 Å². The molecule has 1 aromatic heterocycles. The minimum absolute atomic E-state index is 0.847. The molecule has 0 radical (unpaired) electrons. The summed E-state index contributed by atoms with van der Waals surface area (Å²) in [6, 6.07) is 38.8. The molecule has 0 fully saturated rings. The first-order valence-electron chi connectivity index (χ1n) is 10.3. The summed E-state index contributed by atoms with van der Waals surface area (Å²) in [5, 5.41) is 0. The number of aromatic amines is 1. The lowest BCUT2D eigenvalue weighted by molar-refractivity contribution is 1.31. The minimum Gasteiger partial charge on any atom is -0.337 e. The highest BCUT2D eigenvalue weighted by Crippen LogP contribution is 2.32. The summed E-state index contributed by atoms with van der Waals surface area (Å²) in [5.41, 5.74) is 7.21. The van der Waals surface area contributed by atoms with E-state index in [2.05, 4.69) is 53.2 Å². The number of nitrogens with one attached hydrogen (secondary N) is 1. The Morgan fingerprint density at radius 3 is 1.61 bits per heavy atom. The van der Waals surface area contributed by atoms with Gasteiger partial charge in [-0.1, -0.05) is 103 Å². The maximum Gasteiger partial charge on any atom is 0.138 e. The molecule has 0 atom stereocenters. The predicted octanol–water partition coefficient (Wildman–Crippen LogP) is 6.81. The third kappa shape index (κ3) is 4.17. The van der Waals surface area contributed by atoms with Crippen LogP contribution in [-0.2, 0) is 0 Å². The Balaban J connectivity index is 1.51. The second kappa shape index (κ2) is 8.57. The Hall–Kier alpha value is -4.35. The van der Waals surface area contributed by atoms with Gasteiger partial charge >= 0.3 is 0 Å². The van der Waals surface area contributed by atoms with Gasteiger partial charge in [-0.15, -0.1) is 0 Å². The van der Waals surface area contributed by atoms with Gasteiger partial charge in [0.25, 0.3) is 0 Å². The van der Waals surface area contributed by atoms with Gasteiger partial charge in [-0.05, 0) is 24.3 Å².